The molecule has 0 spiro atoms. The summed E-state index contributed by atoms with van der Waals surface area (Å²) in [4.78, 5) is 19.2. The van der Waals surface area contributed by atoms with Crippen molar-refractivity contribution in [1.29, 1.82) is 0 Å². The predicted molar refractivity (Wildman–Crippen MR) is 126 cm³/mol. The number of aromatic nitrogens is 5. The minimum absolute atomic E-state index is 0. The molecule has 4 heterocycles. The lowest BCUT2D eigenvalue weighted by Gasteiger charge is -2.42. The number of hydrogen-bond acceptors (Lipinski definition) is 8. The Morgan fingerprint density at radius 2 is 2.06 bits per heavy atom. The molecule has 4 aromatic rings. The van der Waals surface area contributed by atoms with E-state index in [4.69, 9.17) is 4.52 Å². The number of nitrogens with zero attached hydrogens (tertiary/aromatic N) is 5. The Kier molecular flexibility index (Phi) is 6.14. The maximum Gasteiger partial charge on any atom is 0.257 e. The molecule has 3 aromatic heterocycles. The van der Waals surface area contributed by atoms with E-state index < -0.39 is 0 Å². The first-order valence-electron chi connectivity index (χ1n) is 10.4. The van der Waals surface area contributed by atoms with Gasteiger partial charge >= 0.3 is 0 Å². The number of nitrogens with one attached hydrogen (secondary N) is 3. The van der Waals surface area contributed by atoms with Crippen LogP contribution in [-0.4, -0.2) is 55.2 Å². The van der Waals surface area contributed by atoms with Gasteiger partial charge in [-0.3, -0.25) is 4.90 Å². The van der Waals surface area contributed by atoms with E-state index in [0.29, 0.717) is 17.7 Å². The smallest absolute Gasteiger partial charge is 0.257 e. The Morgan fingerprint density at radius 1 is 1.19 bits per heavy atom. The van der Waals surface area contributed by atoms with E-state index in [1.807, 2.05) is 24.4 Å². The average Bonchev–Trinajstić information content (AvgIpc) is 3.34. The zero-order chi connectivity index (χ0) is 21.4. The number of aromatic amines is 1. The number of benzene rings is 1. The van der Waals surface area contributed by atoms with Crippen LogP contribution in [0.5, 0.6) is 0 Å². The van der Waals surface area contributed by atoms with Crippen LogP contribution in [0.15, 0.2) is 41.1 Å². The summed E-state index contributed by atoms with van der Waals surface area (Å²) in [5.41, 5.74) is 3.93. The topological polar surface area (TPSA) is 108 Å². The molecule has 32 heavy (non-hydrogen) atoms. The second-order valence-electron chi connectivity index (χ2n) is 8.55. The van der Waals surface area contributed by atoms with E-state index in [9.17, 15) is 0 Å². The van der Waals surface area contributed by atoms with Crippen molar-refractivity contribution in [3.8, 4) is 11.5 Å². The van der Waals surface area contributed by atoms with E-state index in [1.54, 1.807) is 6.92 Å². The fourth-order valence-electron chi connectivity index (χ4n) is 3.91. The molecule has 1 aliphatic rings. The Labute approximate surface area is 192 Å². The Balaban J connectivity index is 0.00000245. The summed E-state index contributed by atoms with van der Waals surface area (Å²) in [6.45, 7) is 10.3. The number of fused-ring (bicyclic) bond motifs is 1. The first-order chi connectivity index (χ1) is 15.0. The summed E-state index contributed by atoms with van der Waals surface area (Å²) in [6, 6.07) is 9.96. The maximum absolute atomic E-state index is 5.26. The number of pyridine rings is 1. The monoisotopic (exact) mass is 454 g/mol. The molecular weight excluding hydrogens is 428 g/mol. The molecule has 0 aliphatic carbocycles. The summed E-state index contributed by atoms with van der Waals surface area (Å²) in [6.07, 6.45) is 1.84. The SMILES string of the molecule is Cc1noc(-c2ccc3nc(Nc4cc(CN5CCNCC5(C)C)ccn4)[nH]c3c2)n1.Cl. The molecule has 0 radical (unpaired) electrons. The van der Waals surface area contributed by atoms with Crippen LogP contribution in [0.2, 0.25) is 0 Å². The highest BCUT2D eigenvalue weighted by atomic mass is 35.5. The molecule has 3 N–H and O–H groups in total. The van der Waals surface area contributed by atoms with Gasteiger partial charge in [-0.2, -0.15) is 4.98 Å². The Morgan fingerprint density at radius 3 is 2.84 bits per heavy atom. The minimum atomic E-state index is 0. The summed E-state index contributed by atoms with van der Waals surface area (Å²) < 4.78 is 5.26. The van der Waals surface area contributed by atoms with Crippen molar-refractivity contribution in [1.82, 2.24) is 35.3 Å². The third-order valence-corrected chi connectivity index (χ3v) is 5.67. The van der Waals surface area contributed by atoms with Crippen LogP contribution < -0.4 is 10.6 Å². The second-order valence-corrected chi connectivity index (χ2v) is 8.55. The molecule has 0 bridgehead atoms. The van der Waals surface area contributed by atoms with E-state index in [1.165, 1.54) is 5.56 Å². The molecule has 10 heteroatoms. The van der Waals surface area contributed by atoms with Crippen molar-refractivity contribution < 1.29 is 4.52 Å². The Hall–Kier alpha value is -3.01. The van der Waals surface area contributed by atoms with Gasteiger partial charge in [0.05, 0.1) is 11.0 Å². The molecule has 168 valence electrons. The van der Waals surface area contributed by atoms with Crippen molar-refractivity contribution in [2.24, 2.45) is 0 Å². The van der Waals surface area contributed by atoms with E-state index in [0.717, 1.165) is 48.6 Å². The van der Waals surface area contributed by atoms with Crippen molar-refractivity contribution in [2.45, 2.75) is 32.9 Å². The zero-order valence-corrected chi connectivity index (χ0v) is 19.2. The Bertz CT molecular complexity index is 1220. The first kappa shape index (κ1) is 22.2. The van der Waals surface area contributed by atoms with Gasteiger partial charge in [-0.15, -0.1) is 12.4 Å². The van der Waals surface area contributed by atoms with E-state index in [2.05, 4.69) is 66.6 Å². The first-order valence-corrected chi connectivity index (χ1v) is 10.4. The lowest BCUT2D eigenvalue weighted by Crippen LogP contribution is -2.57. The van der Waals surface area contributed by atoms with Crippen molar-refractivity contribution in [3.63, 3.8) is 0 Å². The van der Waals surface area contributed by atoms with Gasteiger partial charge in [0.15, 0.2) is 5.82 Å². The number of aryl methyl sites for hydroxylation is 1. The highest BCUT2D eigenvalue weighted by Gasteiger charge is 2.29. The number of H-pyrrole nitrogens is 1. The minimum Gasteiger partial charge on any atom is -0.334 e. The normalized spacial score (nSPS) is 16.1. The third-order valence-electron chi connectivity index (χ3n) is 5.67. The number of halogens is 1. The fraction of sp³-hybridized carbons (Fsp3) is 0.364. The third kappa shape index (κ3) is 4.59. The van der Waals surface area contributed by atoms with Crippen LogP contribution in [0.4, 0.5) is 11.8 Å². The molecule has 0 saturated carbocycles. The standard InChI is InChI=1S/C22H26N8O.ClH/c1-14-25-20(31-29-14)16-4-5-17-18(11-16)27-21(26-17)28-19-10-15(6-7-24-19)12-30-9-8-23-13-22(30,2)3;/h4-7,10-11,23H,8-9,12-13H2,1-3H3,(H2,24,26,27,28);1H. The summed E-state index contributed by atoms with van der Waals surface area (Å²) >= 11 is 0. The van der Waals surface area contributed by atoms with Gasteiger partial charge in [-0.25, -0.2) is 9.97 Å². The van der Waals surface area contributed by atoms with Gasteiger partial charge in [0.25, 0.3) is 5.89 Å². The summed E-state index contributed by atoms with van der Waals surface area (Å²) in [5.74, 6) is 2.50. The van der Waals surface area contributed by atoms with Crippen LogP contribution in [0.25, 0.3) is 22.5 Å². The summed E-state index contributed by atoms with van der Waals surface area (Å²) in [5, 5.41) is 10.6. The predicted octanol–water partition coefficient (Wildman–Crippen LogP) is 3.67. The zero-order valence-electron chi connectivity index (χ0n) is 18.3. The van der Waals surface area contributed by atoms with Crippen LogP contribution in [0, 0.1) is 6.92 Å². The molecule has 0 unspecified atom stereocenters. The number of rotatable bonds is 5. The van der Waals surface area contributed by atoms with Gasteiger partial charge in [0, 0.05) is 43.5 Å². The van der Waals surface area contributed by atoms with E-state index in [-0.39, 0.29) is 17.9 Å². The molecule has 9 nitrogen and oxygen atoms in total. The van der Waals surface area contributed by atoms with Gasteiger partial charge in [-0.05, 0) is 56.7 Å². The molecule has 5 rings (SSSR count). The maximum atomic E-state index is 5.26. The van der Waals surface area contributed by atoms with Crippen LogP contribution in [0.1, 0.15) is 25.2 Å². The molecule has 0 atom stereocenters. The number of imidazole rings is 1. The average molecular weight is 455 g/mol. The van der Waals surface area contributed by atoms with E-state index >= 15 is 0 Å². The van der Waals surface area contributed by atoms with Gasteiger partial charge in [-0.1, -0.05) is 5.16 Å². The van der Waals surface area contributed by atoms with Crippen molar-refractivity contribution in [3.05, 3.63) is 47.9 Å². The molecule has 1 saturated heterocycles. The van der Waals surface area contributed by atoms with Crippen molar-refractivity contribution >= 4 is 35.2 Å². The molecule has 1 aromatic carbocycles. The molecule has 1 fully saturated rings. The second kappa shape index (κ2) is 8.85. The number of anilines is 2. The van der Waals surface area contributed by atoms with Crippen LogP contribution in [0.3, 0.4) is 0 Å². The van der Waals surface area contributed by atoms with Gasteiger partial charge in [0.1, 0.15) is 5.82 Å². The highest BCUT2D eigenvalue weighted by Crippen LogP contribution is 2.25. The lowest BCUT2D eigenvalue weighted by molar-refractivity contribution is 0.0827. The molecule has 0 amide bonds. The van der Waals surface area contributed by atoms with Crippen LogP contribution in [-0.2, 0) is 6.54 Å². The van der Waals surface area contributed by atoms with Crippen LogP contribution >= 0.6 is 12.4 Å². The lowest BCUT2D eigenvalue weighted by atomic mass is 9.99. The quantitative estimate of drug-likeness (QED) is 0.419. The molecule has 1 aliphatic heterocycles. The van der Waals surface area contributed by atoms with Gasteiger partial charge < -0.3 is 20.1 Å². The number of hydrogen-bond donors (Lipinski definition) is 3. The van der Waals surface area contributed by atoms with Gasteiger partial charge in [0.2, 0.25) is 5.95 Å². The number of piperazine rings is 1. The van der Waals surface area contributed by atoms with Crippen molar-refractivity contribution in [2.75, 3.05) is 25.0 Å². The largest absolute Gasteiger partial charge is 0.334 e. The highest BCUT2D eigenvalue weighted by molar-refractivity contribution is 5.85. The summed E-state index contributed by atoms with van der Waals surface area (Å²) in [7, 11) is 0. The fourth-order valence-corrected chi connectivity index (χ4v) is 3.91. The molecular formula is C22H27ClN8O.